The quantitative estimate of drug-likeness (QED) is 0.275. The third-order valence-corrected chi connectivity index (χ3v) is 0. The first-order chi connectivity index (χ1) is 8.00. The minimum atomic E-state index is -4.94. The van der Waals surface area contributed by atoms with Crippen molar-refractivity contribution in [3.8, 4) is 0 Å². The van der Waals surface area contributed by atoms with Gasteiger partial charge in [0.1, 0.15) is 0 Å². The van der Waals surface area contributed by atoms with Crippen LogP contribution >= 0.6 is 0 Å². The zero-order chi connectivity index (χ0) is 18.0. The molecular weight excluding hydrogens is 506 g/mol. The first-order valence-corrected chi connectivity index (χ1v) is 7.41. The summed E-state index contributed by atoms with van der Waals surface area (Å²) < 4.78 is 136. The van der Waals surface area contributed by atoms with Crippen molar-refractivity contribution < 1.29 is 138 Å². The van der Waals surface area contributed by atoms with Crippen LogP contribution in [0.1, 0.15) is 0 Å². The van der Waals surface area contributed by atoms with Crippen LogP contribution in [0.15, 0.2) is 0 Å². The second-order valence-electron chi connectivity index (χ2n) is 1.51. The van der Waals surface area contributed by atoms with Gasteiger partial charge < -0.3 is 0 Å². The second kappa shape index (κ2) is 13.7. The molecule has 0 saturated heterocycles. The Hall–Kier alpha value is 1.26. The van der Waals surface area contributed by atoms with E-state index in [2.05, 4.69) is 0 Å². The molecule has 0 aromatic carbocycles. The summed E-state index contributed by atoms with van der Waals surface area (Å²) in [4.78, 5) is 0. The van der Waals surface area contributed by atoms with E-state index in [-0.39, 0.29) is 22.4 Å². The van der Waals surface area contributed by atoms with E-state index in [9.17, 15) is 0 Å². The summed E-state index contributed by atoms with van der Waals surface area (Å²) in [5.41, 5.74) is 0. The summed E-state index contributed by atoms with van der Waals surface area (Å²) in [5, 5.41) is 0. The van der Waals surface area contributed by atoms with Gasteiger partial charge in [0.2, 0.25) is 0 Å². The Balaban J connectivity index is -0.0000000533. The summed E-state index contributed by atoms with van der Waals surface area (Å²) in [5.74, 6) is 0. The van der Waals surface area contributed by atoms with E-state index in [4.69, 9.17) is 74.5 Å². The third-order valence-electron chi connectivity index (χ3n) is 0. The molecule has 0 aliphatic carbocycles. The van der Waals surface area contributed by atoms with Crippen molar-refractivity contribution in [1.29, 1.82) is 0 Å². The van der Waals surface area contributed by atoms with Crippen molar-refractivity contribution in [3.05, 3.63) is 0 Å². The molecule has 0 amide bonds. The maximum atomic E-state index is 8.49. The molecule has 0 spiro atoms. The molecule has 0 aliphatic heterocycles. The molecule has 0 heterocycles. The third kappa shape index (κ3) is 4970. The van der Waals surface area contributed by atoms with Gasteiger partial charge in [-0.1, -0.05) is 0 Å². The molecule has 16 nitrogen and oxygen atoms in total. The van der Waals surface area contributed by atoms with E-state index in [0.29, 0.717) is 0 Å². The van der Waals surface area contributed by atoms with Gasteiger partial charge in [-0.2, -0.15) is 0 Å². The first-order valence-electron chi connectivity index (χ1n) is 2.47. The fourth-order valence-corrected chi connectivity index (χ4v) is 0. The van der Waals surface area contributed by atoms with E-state index in [1.807, 2.05) is 0 Å². The van der Waals surface area contributed by atoms with Crippen LogP contribution in [0.4, 0.5) is 0 Å². The molecule has 0 aromatic rings. The zero-order valence-corrected chi connectivity index (χ0v) is 12.9. The number of hydrogen-bond donors (Lipinski definition) is 0. The Labute approximate surface area is 138 Å². The molecule has 0 bridgehead atoms. The number of hydrogen-bond acceptors (Lipinski definition) is 16. The minimum absolute atomic E-state index is 0. The van der Waals surface area contributed by atoms with Crippen molar-refractivity contribution in [3.63, 3.8) is 0 Å². The summed E-state index contributed by atoms with van der Waals surface area (Å²) in [6.07, 6.45) is 0. The molecule has 135 valence electrons. The molecule has 0 aromatic heterocycles. The molecule has 1 radical (unpaired) electrons. The molecule has 21 heavy (non-hydrogen) atoms. The van der Waals surface area contributed by atoms with Crippen molar-refractivity contribution in [2.75, 3.05) is 0 Å². The maximum Gasteiger partial charge on any atom is 4.00 e. The van der Waals surface area contributed by atoms with Crippen LogP contribution in [-0.2, 0) is 22.4 Å². The number of rotatable bonds is 0. The summed E-state index contributed by atoms with van der Waals surface area (Å²) >= 11 is 0. The van der Waals surface area contributed by atoms with Gasteiger partial charge in [0.05, 0.1) is 0 Å². The van der Waals surface area contributed by atoms with Crippen molar-refractivity contribution in [1.82, 2.24) is 0 Å². The fraction of sp³-hybridized carbons (Fsp3) is 0. The van der Waals surface area contributed by atoms with Gasteiger partial charge in [0.25, 0.3) is 0 Å². The normalized spacial score (nSPS) is 11.4. The van der Waals surface area contributed by atoms with Crippen LogP contribution < -0.4 is 74.5 Å². The van der Waals surface area contributed by atoms with E-state index in [1.54, 1.807) is 0 Å². The molecule has 0 fully saturated rings. The average Bonchev–Trinajstić information content (AvgIpc) is 1.62. The van der Waals surface area contributed by atoms with Gasteiger partial charge in [0, 0.05) is 0 Å². The smallest absolute Gasteiger partial charge is 0.222 e. The zero-order valence-electron chi connectivity index (χ0n) is 8.35. The predicted molar refractivity (Wildman–Crippen MR) is 0 cm³/mol. The van der Waals surface area contributed by atoms with E-state index >= 15 is 0 Å². The SMILES string of the molecule is [Ag+4].[O-][Cl+3]([O-])([O-])[O-].[O-][Cl+3]([O-])([O-])[O-].[O-][Cl+3]([O-])([O-])[O-].[O-][Cl+3]([O-])([O-])[O-]. The standard InChI is InChI=1S/Ag.4ClHO4/c;4*2-1(3,4)5/h;4*(H,2,3,4,5)/q+4;;;;/p-4. The summed E-state index contributed by atoms with van der Waals surface area (Å²) in [6.45, 7) is 0. The largest absolute Gasteiger partial charge is 4.00 e. The van der Waals surface area contributed by atoms with Crippen molar-refractivity contribution in [2.45, 2.75) is 0 Å². The molecular formula is AgCl4O16. The molecule has 0 saturated carbocycles. The Morgan fingerprint density at radius 1 is 0.238 bits per heavy atom. The van der Waals surface area contributed by atoms with Crippen LogP contribution in [0.2, 0.25) is 0 Å². The first kappa shape index (κ1) is 33.8. The van der Waals surface area contributed by atoms with Crippen LogP contribution in [0.3, 0.4) is 0 Å². The Morgan fingerprint density at radius 2 is 0.238 bits per heavy atom. The fourth-order valence-electron chi connectivity index (χ4n) is 0. The number of halogens is 4. The van der Waals surface area contributed by atoms with Crippen LogP contribution in [0.25, 0.3) is 0 Å². The summed E-state index contributed by atoms with van der Waals surface area (Å²) in [6, 6.07) is 0. The Kier molecular flexibility index (Phi) is 22.0. The monoisotopic (exact) mass is 503 g/mol. The second-order valence-corrected chi connectivity index (χ2v) is 4.54. The van der Waals surface area contributed by atoms with E-state index < -0.39 is 41.0 Å². The molecule has 0 aliphatic rings. The van der Waals surface area contributed by atoms with E-state index in [1.165, 1.54) is 0 Å². The van der Waals surface area contributed by atoms with Crippen molar-refractivity contribution >= 4 is 0 Å². The Bertz CT molecular complexity index is 130. The average molecular weight is 506 g/mol. The van der Waals surface area contributed by atoms with Crippen molar-refractivity contribution in [2.24, 2.45) is 0 Å². The molecule has 0 rings (SSSR count). The predicted octanol–water partition coefficient (Wildman–Crippen LogP) is -19.0. The molecule has 0 unspecified atom stereocenters. The van der Waals surface area contributed by atoms with Gasteiger partial charge in [-0.3, -0.25) is 0 Å². The van der Waals surface area contributed by atoms with Gasteiger partial charge in [-0.15, -0.1) is 41.0 Å². The van der Waals surface area contributed by atoms with Crippen LogP contribution in [-0.4, -0.2) is 0 Å². The molecule has 21 heteroatoms. The van der Waals surface area contributed by atoms with Gasteiger partial charge >= 0.3 is 22.4 Å². The van der Waals surface area contributed by atoms with Gasteiger partial charge in [-0.05, 0) is 0 Å². The topological polar surface area (TPSA) is 369 Å². The molecule has 0 atom stereocenters. The van der Waals surface area contributed by atoms with Crippen LogP contribution in [0.5, 0.6) is 0 Å². The minimum Gasteiger partial charge on any atom is -0.222 e. The maximum absolute atomic E-state index is 8.49. The van der Waals surface area contributed by atoms with Crippen LogP contribution in [0, 0.1) is 41.0 Å². The van der Waals surface area contributed by atoms with E-state index in [0.717, 1.165) is 0 Å². The molecule has 0 N–H and O–H groups in total. The summed E-state index contributed by atoms with van der Waals surface area (Å²) in [7, 11) is -19.8. The Morgan fingerprint density at radius 3 is 0.238 bits per heavy atom. The van der Waals surface area contributed by atoms with Gasteiger partial charge in [-0.25, -0.2) is 74.5 Å². The van der Waals surface area contributed by atoms with Gasteiger partial charge in [0.15, 0.2) is 0 Å².